The predicted molar refractivity (Wildman–Crippen MR) is 104 cm³/mol. The van der Waals surface area contributed by atoms with E-state index in [0.717, 1.165) is 11.3 Å². The van der Waals surface area contributed by atoms with Crippen LogP contribution in [0.5, 0.6) is 11.5 Å². The van der Waals surface area contributed by atoms with Crippen molar-refractivity contribution in [3.05, 3.63) is 52.8 Å². The Kier molecular flexibility index (Phi) is 7.42. The maximum atomic E-state index is 12.6. The van der Waals surface area contributed by atoms with Gasteiger partial charge in [0.2, 0.25) is 0 Å². The fraction of sp³-hybridized carbons (Fsp3) is 0.381. The number of pyridine rings is 1. The first-order chi connectivity index (χ1) is 14.0. The number of halogens is 3. The van der Waals surface area contributed by atoms with Crippen LogP contribution < -0.4 is 14.8 Å². The molecule has 6 nitrogen and oxygen atoms in total. The van der Waals surface area contributed by atoms with Crippen LogP contribution in [0.15, 0.2) is 30.3 Å². The van der Waals surface area contributed by atoms with Crippen LogP contribution in [-0.4, -0.2) is 36.6 Å². The lowest BCUT2D eigenvalue weighted by molar-refractivity contribution is -0.153. The van der Waals surface area contributed by atoms with E-state index in [2.05, 4.69) is 10.3 Å². The highest BCUT2D eigenvalue weighted by molar-refractivity contribution is 5.95. The first kappa shape index (κ1) is 23.2. The number of nitrogens with one attached hydrogen (secondary N) is 1. The average molecular weight is 424 g/mol. The number of rotatable bonds is 8. The Morgan fingerprint density at radius 2 is 1.87 bits per heavy atom. The summed E-state index contributed by atoms with van der Waals surface area (Å²) in [5, 5.41) is 2.82. The monoisotopic (exact) mass is 424 g/mol. The summed E-state index contributed by atoms with van der Waals surface area (Å²) < 4.78 is 46.9. The molecule has 162 valence electrons. The molecule has 0 saturated heterocycles. The Morgan fingerprint density at radius 3 is 2.47 bits per heavy atom. The lowest BCUT2D eigenvalue weighted by Crippen LogP contribution is -2.27. The molecule has 1 atom stereocenters. The van der Waals surface area contributed by atoms with Crippen molar-refractivity contribution in [1.82, 2.24) is 10.3 Å². The van der Waals surface area contributed by atoms with E-state index in [9.17, 15) is 22.8 Å². The second-order valence-corrected chi connectivity index (χ2v) is 6.88. The minimum Gasteiger partial charge on any atom is -0.493 e. The third kappa shape index (κ3) is 6.75. The molecule has 1 aromatic carbocycles. The van der Waals surface area contributed by atoms with Crippen molar-refractivity contribution in [3.8, 4) is 11.5 Å². The highest BCUT2D eigenvalue weighted by Crippen LogP contribution is 2.30. The van der Waals surface area contributed by atoms with E-state index in [1.807, 2.05) is 6.07 Å². The first-order valence-electron chi connectivity index (χ1n) is 9.14. The van der Waals surface area contributed by atoms with Crippen LogP contribution in [0.4, 0.5) is 13.2 Å². The standard InChI is InChI=1S/C21H23F3N2O4/c1-12-7-16(9-17(25-12)8-13(2)27)14(3)26-20(28)15-5-6-18(19(10-15)29-4)30-11-21(22,23)24/h5-7,9-10,14H,8,11H2,1-4H3,(H,26,28). The third-order valence-corrected chi connectivity index (χ3v) is 4.12. The second kappa shape index (κ2) is 9.60. The number of alkyl halides is 3. The van der Waals surface area contributed by atoms with Gasteiger partial charge in [0.25, 0.3) is 5.91 Å². The topological polar surface area (TPSA) is 77.5 Å². The molecule has 1 amide bonds. The van der Waals surface area contributed by atoms with Gasteiger partial charge in [0.05, 0.1) is 13.2 Å². The Balaban J connectivity index is 2.15. The van der Waals surface area contributed by atoms with Gasteiger partial charge in [-0.2, -0.15) is 13.2 Å². The van der Waals surface area contributed by atoms with Crippen molar-refractivity contribution >= 4 is 11.7 Å². The summed E-state index contributed by atoms with van der Waals surface area (Å²) in [6.45, 7) is 3.59. The summed E-state index contributed by atoms with van der Waals surface area (Å²) in [5.74, 6) is -0.553. The molecule has 2 rings (SSSR count). The second-order valence-electron chi connectivity index (χ2n) is 6.88. The van der Waals surface area contributed by atoms with E-state index >= 15 is 0 Å². The van der Waals surface area contributed by atoms with Crippen LogP contribution in [0, 0.1) is 6.92 Å². The number of benzene rings is 1. The zero-order chi connectivity index (χ0) is 22.5. The smallest absolute Gasteiger partial charge is 0.422 e. The zero-order valence-corrected chi connectivity index (χ0v) is 17.1. The van der Waals surface area contributed by atoms with Crippen molar-refractivity contribution < 1.29 is 32.2 Å². The zero-order valence-electron chi connectivity index (χ0n) is 17.1. The minimum absolute atomic E-state index is 0.0167. The maximum Gasteiger partial charge on any atom is 0.422 e. The highest BCUT2D eigenvalue weighted by atomic mass is 19.4. The Morgan fingerprint density at radius 1 is 1.17 bits per heavy atom. The minimum atomic E-state index is -4.49. The summed E-state index contributed by atoms with van der Waals surface area (Å²) in [6.07, 6.45) is -4.29. The number of Topliss-reactive ketones (excluding diaryl/α,β-unsaturated/α-hetero) is 1. The van der Waals surface area contributed by atoms with Crippen LogP contribution in [0.2, 0.25) is 0 Å². The summed E-state index contributed by atoms with van der Waals surface area (Å²) in [4.78, 5) is 28.3. The molecule has 1 unspecified atom stereocenters. The van der Waals surface area contributed by atoms with Gasteiger partial charge < -0.3 is 14.8 Å². The van der Waals surface area contributed by atoms with E-state index in [1.54, 1.807) is 19.9 Å². The molecule has 0 bridgehead atoms. The number of carbonyl (C=O) groups excluding carboxylic acids is 2. The van der Waals surface area contributed by atoms with Crippen molar-refractivity contribution in [1.29, 1.82) is 0 Å². The quantitative estimate of drug-likeness (QED) is 0.694. The van der Waals surface area contributed by atoms with Crippen molar-refractivity contribution in [3.63, 3.8) is 0 Å². The molecular weight excluding hydrogens is 401 g/mol. The largest absolute Gasteiger partial charge is 0.493 e. The van der Waals surface area contributed by atoms with Gasteiger partial charge in [0.15, 0.2) is 18.1 Å². The molecular formula is C21H23F3N2O4. The van der Waals surface area contributed by atoms with Gasteiger partial charge in [0.1, 0.15) is 5.78 Å². The average Bonchev–Trinajstić information content (AvgIpc) is 2.64. The fourth-order valence-corrected chi connectivity index (χ4v) is 2.81. The van der Waals surface area contributed by atoms with Gasteiger partial charge in [-0.05, 0) is 56.7 Å². The molecule has 0 radical (unpaired) electrons. The molecule has 0 aliphatic rings. The molecule has 0 spiro atoms. The van der Waals surface area contributed by atoms with Crippen LogP contribution in [0.1, 0.15) is 47.2 Å². The highest BCUT2D eigenvalue weighted by Gasteiger charge is 2.29. The van der Waals surface area contributed by atoms with Crippen molar-refractivity contribution in [2.24, 2.45) is 0 Å². The summed E-state index contributed by atoms with van der Waals surface area (Å²) in [6, 6.07) is 7.10. The third-order valence-electron chi connectivity index (χ3n) is 4.12. The molecule has 1 N–H and O–H groups in total. The lowest BCUT2D eigenvalue weighted by atomic mass is 10.0. The number of ether oxygens (including phenoxy) is 2. The molecule has 0 saturated carbocycles. The van der Waals surface area contributed by atoms with Gasteiger partial charge in [0, 0.05) is 23.4 Å². The molecule has 30 heavy (non-hydrogen) atoms. The van der Waals surface area contributed by atoms with Crippen molar-refractivity contribution in [2.45, 2.75) is 39.4 Å². The number of hydrogen-bond acceptors (Lipinski definition) is 5. The SMILES string of the molecule is COc1cc(C(=O)NC(C)c2cc(C)nc(CC(C)=O)c2)ccc1OCC(F)(F)F. The number of ketones is 1. The van der Waals surface area contributed by atoms with E-state index < -0.39 is 24.7 Å². The van der Waals surface area contributed by atoms with Gasteiger partial charge in [-0.25, -0.2) is 0 Å². The van der Waals surface area contributed by atoms with E-state index in [0.29, 0.717) is 5.69 Å². The molecule has 0 fully saturated rings. The number of methoxy groups -OCH3 is 1. The molecule has 1 heterocycles. The van der Waals surface area contributed by atoms with Crippen LogP contribution >= 0.6 is 0 Å². The van der Waals surface area contributed by atoms with Gasteiger partial charge in [-0.15, -0.1) is 0 Å². The normalized spacial score (nSPS) is 12.2. The molecule has 0 aliphatic heterocycles. The Labute approximate surface area is 172 Å². The van der Waals surface area contributed by atoms with Gasteiger partial charge in [-0.3, -0.25) is 14.6 Å². The Hall–Kier alpha value is -3.10. The van der Waals surface area contributed by atoms with Crippen LogP contribution in [0.25, 0.3) is 0 Å². The van der Waals surface area contributed by atoms with E-state index in [1.165, 1.54) is 32.2 Å². The summed E-state index contributed by atoms with van der Waals surface area (Å²) >= 11 is 0. The number of carbonyl (C=O) groups is 2. The van der Waals surface area contributed by atoms with E-state index in [-0.39, 0.29) is 29.3 Å². The summed E-state index contributed by atoms with van der Waals surface area (Å²) in [7, 11) is 1.27. The lowest BCUT2D eigenvalue weighted by Gasteiger charge is -2.17. The van der Waals surface area contributed by atoms with Crippen molar-refractivity contribution in [2.75, 3.05) is 13.7 Å². The number of nitrogens with zero attached hydrogens (tertiary/aromatic N) is 1. The molecule has 1 aromatic heterocycles. The van der Waals surface area contributed by atoms with Crippen LogP contribution in [-0.2, 0) is 11.2 Å². The Bertz CT molecular complexity index is 929. The first-order valence-corrected chi connectivity index (χ1v) is 9.14. The van der Waals surface area contributed by atoms with Gasteiger partial charge >= 0.3 is 6.18 Å². The number of aromatic nitrogens is 1. The number of hydrogen-bond donors (Lipinski definition) is 1. The molecule has 0 aliphatic carbocycles. The fourth-order valence-electron chi connectivity index (χ4n) is 2.81. The van der Waals surface area contributed by atoms with Gasteiger partial charge in [-0.1, -0.05) is 0 Å². The predicted octanol–water partition coefficient (Wildman–Crippen LogP) is 3.96. The molecule has 2 aromatic rings. The molecule has 9 heteroatoms. The number of aryl methyl sites for hydroxylation is 1. The van der Waals surface area contributed by atoms with Crippen LogP contribution in [0.3, 0.4) is 0 Å². The maximum absolute atomic E-state index is 12.6. The summed E-state index contributed by atoms with van der Waals surface area (Å²) in [5.41, 5.74) is 2.32. The van der Waals surface area contributed by atoms with E-state index in [4.69, 9.17) is 9.47 Å². The number of amides is 1.